The monoisotopic (exact) mass is 447 g/mol. The molecule has 1 saturated heterocycles. The lowest BCUT2D eigenvalue weighted by Crippen LogP contribution is -2.41. The van der Waals surface area contributed by atoms with Crippen LogP contribution in [-0.4, -0.2) is 49.3 Å². The number of alkyl halides is 3. The first-order valence-corrected chi connectivity index (χ1v) is 10.6. The smallest absolute Gasteiger partial charge is 0.383 e. The van der Waals surface area contributed by atoms with E-state index < -0.39 is 23.2 Å². The minimum absolute atomic E-state index is 0.140. The normalized spacial score (nSPS) is 22.4. The Labute approximate surface area is 182 Å². The highest BCUT2D eigenvalue weighted by atomic mass is 19.4. The Kier molecular flexibility index (Phi) is 4.97. The molecule has 1 fully saturated rings. The molecule has 0 radical (unpaired) electrons. The molecular formula is C21H24F3N7O. The Bertz CT molecular complexity index is 1110. The number of aromatic amines is 1. The number of H-pyrrole nitrogens is 1. The number of nitrogens with one attached hydrogen (secondary N) is 1. The number of nitrogen functional groups attached to an aromatic ring is 1. The standard InChI is InChI=1S/C21H24F3N7O/c1-2-16(19-26-4-5-27-19)30-6-3-20(12-30)17-10-15(29-31(17)7-8-32-20)13-9-14(21(22,23)24)18(25)28-11-13/h4-5,9-11,16H,2-3,6-8,12H2,1H3,(H2,25,28)(H,26,27)/t16-,20+/m0/s1. The van der Waals surface area contributed by atoms with E-state index in [1.165, 1.54) is 6.20 Å². The summed E-state index contributed by atoms with van der Waals surface area (Å²) in [6.07, 6.45) is 1.98. The minimum Gasteiger partial charge on any atom is -0.383 e. The summed E-state index contributed by atoms with van der Waals surface area (Å²) in [4.78, 5) is 13.7. The molecule has 5 heterocycles. The van der Waals surface area contributed by atoms with Crippen LogP contribution in [0.2, 0.25) is 0 Å². The van der Waals surface area contributed by atoms with Crippen molar-refractivity contribution in [2.45, 2.75) is 44.1 Å². The lowest BCUT2D eigenvalue weighted by Gasteiger charge is -2.35. The molecule has 32 heavy (non-hydrogen) atoms. The molecular weight excluding hydrogens is 423 g/mol. The van der Waals surface area contributed by atoms with Gasteiger partial charge >= 0.3 is 6.18 Å². The van der Waals surface area contributed by atoms with Crippen molar-refractivity contribution in [2.24, 2.45) is 0 Å². The average Bonchev–Trinajstić information content (AvgIpc) is 3.50. The lowest BCUT2D eigenvalue weighted by atomic mass is 9.96. The molecule has 0 aliphatic carbocycles. The summed E-state index contributed by atoms with van der Waals surface area (Å²) in [6, 6.07) is 2.97. The molecule has 5 rings (SSSR count). The molecule has 0 amide bonds. The highest BCUT2D eigenvalue weighted by molar-refractivity contribution is 5.63. The van der Waals surface area contributed by atoms with Gasteiger partial charge in [0.25, 0.3) is 0 Å². The quantitative estimate of drug-likeness (QED) is 0.637. The van der Waals surface area contributed by atoms with Crippen LogP contribution in [0.5, 0.6) is 0 Å². The van der Waals surface area contributed by atoms with E-state index >= 15 is 0 Å². The van der Waals surface area contributed by atoms with Gasteiger partial charge < -0.3 is 15.5 Å². The van der Waals surface area contributed by atoms with Gasteiger partial charge in [-0.25, -0.2) is 9.97 Å². The summed E-state index contributed by atoms with van der Waals surface area (Å²) in [5.74, 6) is 0.377. The van der Waals surface area contributed by atoms with Gasteiger partial charge in [0.1, 0.15) is 17.2 Å². The highest BCUT2D eigenvalue weighted by Gasteiger charge is 2.47. The summed E-state index contributed by atoms with van der Waals surface area (Å²) in [5, 5.41) is 4.58. The molecule has 1 spiro atoms. The molecule has 170 valence electrons. The number of anilines is 1. The molecule has 0 saturated carbocycles. The van der Waals surface area contributed by atoms with Crippen LogP contribution in [0, 0.1) is 0 Å². The van der Waals surface area contributed by atoms with Gasteiger partial charge in [-0.05, 0) is 25.0 Å². The molecule has 2 atom stereocenters. The number of pyridine rings is 1. The SMILES string of the molecule is CC[C@@H](c1ncc[nH]1)N1CC[C@]2(C1)OCCn1nc(-c3cnc(N)c(C(F)(F)F)c3)cc12. The lowest BCUT2D eigenvalue weighted by molar-refractivity contribution is -0.137. The number of likely N-dealkylation sites (tertiary alicyclic amines) is 1. The minimum atomic E-state index is -4.58. The maximum Gasteiger partial charge on any atom is 0.419 e. The van der Waals surface area contributed by atoms with E-state index in [9.17, 15) is 13.2 Å². The van der Waals surface area contributed by atoms with Crippen LogP contribution in [0.15, 0.2) is 30.7 Å². The molecule has 8 nitrogen and oxygen atoms in total. The van der Waals surface area contributed by atoms with Crippen LogP contribution in [0.3, 0.4) is 0 Å². The zero-order valence-corrected chi connectivity index (χ0v) is 17.6. The Morgan fingerprint density at radius 1 is 1.28 bits per heavy atom. The van der Waals surface area contributed by atoms with Crippen LogP contribution < -0.4 is 5.73 Å². The topological polar surface area (TPSA) is 97.9 Å². The third-order valence-electron chi connectivity index (χ3n) is 6.37. The number of nitrogens with zero attached hydrogens (tertiary/aromatic N) is 5. The second-order valence-electron chi connectivity index (χ2n) is 8.25. The van der Waals surface area contributed by atoms with Crippen LogP contribution in [-0.2, 0) is 23.1 Å². The fourth-order valence-corrected chi connectivity index (χ4v) is 4.83. The first-order valence-electron chi connectivity index (χ1n) is 10.6. The maximum absolute atomic E-state index is 13.3. The molecule has 0 bridgehead atoms. The number of hydrogen-bond donors (Lipinski definition) is 2. The van der Waals surface area contributed by atoms with Crippen LogP contribution in [0.25, 0.3) is 11.3 Å². The maximum atomic E-state index is 13.3. The van der Waals surface area contributed by atoms with E-state index in [4.69, 9.17) is 10.5 Å². The molecule has 2 aliphatic rings. The van der Waals surface area contributed by atoms with E-state index in [1.54, 1.807) is 6.20 Å². The summed E-state index contributed by atoms with van der Waals surface area (Å²) >= 11 is 0. The molecule has 3 aromatic rings. The van der Waals surface area contributed by atoms with Gasteiger partial charge in [-0.2, -0.15) is 18.3 Å². The van der Waals surface area contributed by atoms with E-state index in [0.717, 1.165) is 37.0 Å². The number of nitrogens with two attached hydrogens (primary N) is 1. The zero-order valence-electron chi connectivity index (χ0n) is 17.6. The van der Waals surface area contributed by atoms with Crippen molar-refractivity contribution >= 4 is 5.82 Å². The molecule has 3 N–H and O–H groups in total. The van der Waals surface area contributed by atoms with Crippen LogP contribution >= 0.6 is 0 Å². The van der Waals surface area contributed by atoms with Crippen molar-refractivity contribution in [3.05, 3.63) is 47.8 Å². The van der Waals surface area contributed by atoms with Crippen LogP contribution in [0.4, 0.5) is 19.0 Å². The molecule has 11 heteroatoms. The van der Waals surface area contributed by atoms with E-state index in [1.807, 2.05) is 16.9 Å². The Morgan fingerprint density at radius 2 is 2.12 bits per heavy atom. The van der Waals surface area contributed by atoms with Gasteiger partial charge in [0.2, 0.25) is 0 Å². The number of halogens is 3. The van der Waals surface area contributed by atoms with Crippen LogP contribution in [0.1, 0.15) is 42.9 Å². The van der Waals surface area contributed by atoms with Gasteiger partial charge in [0, 0.05) is 37.2 Å². The predicted octanol–water partition coefficient (Wildman–Crippen LogP) is 3.35. The van der Waals surface area contributed by atoms with E-state index in [0.29, 0.717) is 25.4 Å². The second-order valence-corrected chi connectivity index (χ2v) is 8.25. The number of rotatable bonds is 4. The third kappa shape index (κ3) is 3.45. The van der Waals surface area contributed by atoms with Crippen molar-refractivity contribution in [1.82, 2.24) is 29.6 Å². The third-order valence-corrected chi connectivity index (χ3v) is 6.37. The van der Waals surface area contributed by atoms with E-state index in [-0.39, 0.29) is 11.6 Å². The first-order chi connectivity index (χ1) is 15.3. The van der Waals surface area contributed by atoms with Gasteiger partial charge in [0.05, 0.1) is 36.1 Å². The molecule has 0 aromatic carbocycles. The second kappa shape index (κ2) is 7.59. The largest absolute Gasteiger partial charge is 0.419 e. The molecule has 0 unspecified atom stereocenters. The van der Waals surface area contributed by atoms with Gasteiger partial charge in [-0.3, -0.25) is 9.58 Å². The number of imidazole rings is 1. The predicted molar refractivity (Wildman–Crippen MR) is 110 cm³/mol. The number of ether oxygens (including phenoxy) is 1. The first kappa shape index (κ1) is 21.0. The number of aromatic nitrogens is 5. The summed E-state index contributed by atoms with van der Waals surface area (Å²) in [6.45, 7) is 4.63. The van der Waals surface area contributed by atoms with Crippen molar-refractivity contribution in [3.8, 4) is 11.3 Å². The number of hydrogen-bond acceptors (Lipinski definition) is 6. The summed E-state index contributed by atoms with van der Waals surface area (Å²) in [7, 11) is 0. The fourth-order valence-electron chi connectivity index (χ4n) is 4.83. The van der Waals surface area contributed by atoms with Gasteiger partial charge in [-0.1, -0.05) is 6.92 Å². The van der Waals surface area contributed by atoms with Gasteiger partial charge in [-0.15, -0.1) is 0 Å². The number of fused-ring (bicyclic) bond motifs is 2. The van der Waals surface area contributed by atoms with Crippen molar-refractivity contribution in [1.29, 1.82) is 0 Å². The average molecular weight is 447 g/mol. The summed E-state index contributed by atoms with van der Waals surface area (Å²) in [5.41, 5.74) is 5.52. The zero-order chi connectivity index (χ0) is 22.5. The van der Waals surface area contributed by atoms with Crippen molar-refractivity contribution in [3.63, 3.8) is 0 Å². The molecule has 3 aromatic heterocycles. The fraction of sp³-hybridized carbons (Fsp3) is 0.476. The van der Waals surface area contributed by atoms with Crippen molar-refractivity contribution < 1.29 is 17.9 Å². The Balaban J connectivity index is 1.47. The highest BCUT2D eigenvalue weighted by Crippen LogP contribution is 2.43. The summed E-state index contributed by atoms with van der Waals surface area (Å²) < 4.78 is 48.0. The molecule has 2 aliphatic heterocycles. The Morgan fingerprint density at radius 3 is 2.84 bits per heavy atom. The Hall–Kier alpha value is -2.92. The van der Waals surface area contributed by atoms with Crippen molar-refractivity contribution in [2.75, 3.05) is 25.4 Å². The van der Waals surface area contributed by atoms with E-state index in [2.05, 4.69) is 31.9 Å². The van der Waals surface area contributed by atoms with Gasteiger partial charge in [0.15, 0.2) is 0 Å².